The molecule has 4 aliphatic rings. The molecule has 1 aliphatic carbocycles. The minimum absolute atomic E-state index is 0.0596. The highest BCUT2D eigenvalue weighted by atomic mass is 16.5. The summed E-state index contributed by atoms with van der Waals surface area (Å²) in [7, 11) is 1.71. The van der Waals surface area contributed by atoms with Gasteiger partial charge in [-0.25, -0.2) is 0 Å². The molecule has 3 heterocycles. The second-order valence-corrected chi connectivity index (χ2v) is 7.34. The molecule has 5 rings (SSSR count). The first-order chi connectivity index (χ1) is 11.7. The second kappa shape index (κ2) is 4.73. The lowest BCUT2D eigenvalue weighted by Crippen LogP contribution is -2.52. The third-order valence-corrected chi connectivity index (χ3v) is 6.67. The first-order valence-corrected chi connectivity index (χ1v) is 8.77. The Kier molecular flexibility index (Phi) is 2.82. The Bertz CT molecular complexity index is 810. The van der Waals surface area contributed by atoms with Gasteiger partial charge >= 0.3 is 0 Å². The molecular formula is C20H22N2O2. The summed E-state index contributed by atoms with van der Waals surface area (Å²) in [5.41, 5.74) is 5.91. The van der Waals surface area contributed by atoms with Crippen LogP contribution in [0.3, 0.4) is 0 Å². The van der Waals surface area contributed by atoms with Gasteiger partial charge in [0.25, 0.3) is 0 Å². The summed E-state index contributed by atoms with van der Waals surface area (Å²) in [4.78, 5) is 14.7. The number of hydrogen-bond donors (Lipinski definition) is 1. The summed E-state index contributed by atoms with van der Waals surface area (Å²) in [5.74, 6) is 1.17. The Hall–Kier alpha value is -2.07. The van der Waals surface area contributed by atoms with E-state index in [0.29, 0.717) is 6.04 Å². The fourth-order valence-electron chi connectivity index (χ4n) is 5.59. The fraction of sp³-hybridized carbons (Fsp3) is 0.450. The van der Waals surface area contributed by atoms with Crippen molar-refractivity contribution >= 4 is 12.0 Å². The number of benzene rings is 1. The van der Waals surface area contributed by atoms with Crippen LogP contribution < -0.4 is 10.1 Å². The number of nitrogens with zero attached hydrogens (tertiary/aromatic N) is 1. The lowest BCUT2D eigenvalue weighted by Gasteiger charge is -2.48. The van der Waals surface area contributed by atoms with Gasteiger partial charge in [0.1, 0.15) is 12.0 Å². The van der Waals surface area contributed by atoms with E-state index in [9.17, 15) is 4.79 Å². The number of aldehydes is 1. The Morgan fingerprint density at radius 2 is 2.29 bits per heavy atom. The number of anilines is 1. The molecule has 2 saturated heterocycles. The molecule has 24 heavy (non-hydrogen) atoms. The predicted molar refractivity (Wildman–Crippen MR) is 93.2 cm³/mol. The van der Waals surface area contributed by atoms with Crippen molar-refractivity contribution in [2.45, 2.75) is 31.2 Å². The first-order valence-electron chi connectivity index (χ1n) is 8.77. The number of carbonyl (C=O) groups excluding carboxylic acids is 1. The van der Waals surface area contributed by atoms with Gasteiger partial charge in [-0.2, -0.15) is 0 Å². The molecule has 0 radical (unpaired) electrons. The van der Waals surface area contributed by atoms with Gasteiger partial charge in [-0.15, -0.1) is 0 Å². The van der Waals surface area contributed by atoms with Crippen LogP contribution in [0.1, 0.15) is 25.3 Å². The molecule has 1 aromatic carbocycles. The maximum absolute atomic E-state index is 12.0. The number of hydrogen-bond acceptors (Lipinski definition) is 4. The van der Waals surface area contributed by atoms with E-state index in [1.807, 2.05) is 6.07 Å². The first kappa shape index (κ1) is 14.3. The number of piperidine rings is 1. The molecule has 1 N–H and O–H groups in total. The van der Waals surface area contributed by atoms with E-state index in [-0.39, 0.29) is 11.3 Å². The number of allylic oxidation sites excluding steroid dienone is 2. The van der Waals surface area contributed by atoms with Crippen LogP contribution in [-0.2, 0) is 10.2 Å². The summed E-state index contributed by atoms with van der Waals surface area (Å²) in [6.07, 6.45) is 5.43. The molecule has 124 valence electrons. The number of carbonyl (C=O) groups is 1. The van der Waals surface area contributed by atoms with Crippen molar-refractivity contribution in [2.75, 3.05) is 25.5 Å². The molecular weight excluding hydrogens is 300 g/mol. The molecule has 4 nitrogen and oxygen atoms in total. The average Bonchev–Trinajstić information content (AvgIpc) is 3.17. The fourth-order valence-corrected chi connectivity index (χ4v) is 5.59. The Labute approximate surface area is 142 Å². The second-order valence-electron chi connectivity index (χ2n) is 7.34. The molecule has 2 bridgehead atoms. The van der Waals surface area contributed by atoms with E-state index in [4.69, 9.17) is 4.74 Å². The SMILES string of the molecule is CC=C1CN2CC[C@]34C(=C(C=O)[C@H]1C[C@H]23)Nc1ccc(OC)cc14. The van der Waals surface area contributed by atoms with Gasteiger partial charge in [0.2, 0.25) is 0 Å². The van der Waals surface area contributed by atoms with Crippen molar-refractivity contribution in [3.05, 3.63) is 46.7 Å². The quantitative estimate of drug-likeness (QED) is 0.671. The highest BCUT2D eigenvalue weighted by molar-refractivity contribution is 5.85. The zero-order valence-corrected chi connectivity index (χ0v) is 14.1. The van der Waals surface area contributed by atoms with E-state index >= 15 is 0 Å². The summed E-state index contributed by atoms with van der Waals surface area (Å²) >= 11 is 0. The Morgan fingerprint density at radius 1 is 1.42 bits per heavy atom. The minimum atomic E-state index is -0.0596. The number of fused-ring (bicyclic) bond motifs is 2. The minimum Gasteiger partial charge on any atom is -0.497 e. The zero-order valence-electron chi connectivity index (χ0n) is 14.1. The number of methoxy groups -OCH3 is 1. The smallest absolute Gasteiger partial charge is 0.148 e. The van der Waals surface area contributed by atoms with E-state index in [1.54, 1.807) is 7.11 Å². The maximum Gasteiger partial charge on any atom is 0.148 e. The summed E-state index contributed by atoms with van der Waals surface area (Å²) in [6, 6.07) is 6.75. The van der Waals surface area contributed by atoms with E-state index < -0.39 is 0 Å². The lowest BCUT2D eigenvalue weighted by atomic mass is 9.62. The van der Waals surface area contributed by atoms with E-state index in [0.717, 1.165) is 54.9 Å². The lowest BCUT2D eigenvalue weighted by molar-refractivity contribution is -0.105. The molecule has 0 amide bonds. The Balaban J connectivity index is 1.79. The van der Waals surface area contributed by atoms with Crippen molar-refractivity contribution in [1.29, 1.82) is 0 Å². The van der Waals surface area contributed by atoms with Gasteiger partial charge in [-0.1, -0.05) is 11.6 Å². The zero-order chi connectivity index (χ0) is 16.5. The van der Waals surface area contributed by atoms with Gasteiger partial charge in [-0.05, 0) is 43.5 Å². The topological polar surface area (TPSA) is 41.6 Å². The largest absolute Gasteiger partial charge is 0.497 e. The van der Waals surface area contributed by atoms with Crippen LogP contribution in [0.4, 0.5) is 5.69 Å². The summed E-state index contributed by atoms with van der Waals surface area (Å²) in [6.45, 7) is 4.18. The molecule has 3 atom stereocenters. The van der Waals surface area contributed by atoms with Crippen LogP contribution >= 0.6 is 0 Å². The van der Waals surface area contributed by atoms with Crippen molar-refractivity contribution < 1.29 is 9.53 Å². The van der Waals surface area contributed by atoms with E-state index in [1.165, 1.54) is 11.1 Å². The van der Waals surface area contributed by atoms with Crippen molar-refractivity contribution in [2.24, 2.45) is 5.92 Å². The third kappa shape index (κ3) is 1.50. The van der Waals surface area contributed by atoms with Gasteiger partial charge in [0.15, 0.2) is 0 Å². The predicted octanol–water partition coefficient (Wildman–Crippen LogP) is 2.87. The molecule has 1 spiro atoms. The van der Waals surface area contributed by atoms with E-state index in [2.05, 4.69) is 35.3 Å². The number of nitrogens with one attached hydrogen (secondary N) is 1. The Morgan fingerprint density at radius 3 is 3.04 bits per heavy atom. The van der Waals surface area contributed by atoms with Crippen LogP contribution in [0.2, 0.25) is 0 Å². The number of rotatable bonds is 2. The van der Waals surface area contributed by atoms with Gasteiger partial charge in [0.05, 0.1) is 12.5 Å². The highest BCUT2D eigenvalue weighted by Crippen LogP contribution is 2.61. The van der Waals surface area contributed by atoms with Crippen molar-refractivity contribution in [3.8, 4) is 5.75 Å². The van der Waals surface area contributed by atoms with Crippen LogP contribution in [0.15, 0.2) is 41.1 Å². The maximum atomic E-state index is 12.0. The standard InChI is InChI=1S/C20H22N2O2/c1-3-12-10-22-7-6-20-16-8-13(24-2)4-5-17(16)21-19(20)15(11-23)14(12)9-18(20)22/h3-5,8,11,14,18,21H,6-7,9-10H2,1-2H3/t14-,18-,20+/m0/s1. The van der Waals surface area contributed by atoms with Crippen LogP contribution in [-0.4, -0.2) is 37.4 Å². The normalized spacial score (nSPS) is 34.8. The molecule has 4 heteroatoms. The molecule has 2 fully saturated rings. The number of ether oxygens (including phenoxy) is 1. The third-order valence-electron chi connectivity index (χ3n) is 6.67. The summed E-state index contributed by atoms with van der Waals surface area (Å²) < 4.78 is 5.48. The highest BCUT2D eigenvalue weighted by Gasteiger charge is 2.61. The van der Waals surface area contributed by atoms with Gasteiger partial charge in [-0.3, -0.25) is 9.69 Å². The van der Waals surface area contributed by atoms with Crippen LogP contribution in [0, 0.1) is 5.92 Å². The molecule has 0 saturated carbocycles. The van der Waals surface area contributed by atoms with Crippen LogP contribution in [0.5, 0.6) is 5.75 Å². The van der Waals surface area contributed by atoms with Crippen LogP contribution in [0.25, 0.3) is 0 Å². The van der Waals surface area contributed by atoms with Gasteiger partial charge in [0, 0.05) is 42.0 Å². The van der Waals surface area contributed by atoms with Crippen molar-refractivity contribution in [1.82, 2.24) is 4.90 Å². The molecule has 3 aliphatic heterocycles. The molecule has 1 aromatic rings. The van der Waals surface area contributed by atoms with Crippen molar-refractivity contribution in [3.63, 3.8) is 0 Å². The monoisotopic (exact) mass is 322 g/mol. The van der Waals surface area contributed by atoms with Gasteiger partial charge < -0.3 is 10.1 Å². The molecule has 0 aromatic heterocycles. The average molecular weight is 322 g/mol. The summed E-state index contributed by atoms with van der Waals surface area (Å²) in [5, 5.41) is 3.62. The molecule has 0 unspecified atom stereocenters.